The average molecular weight is 403 g/mol. The summed E-state index contributed by atoms with van der Waals surface area (Å²) in [6.07, 6.45) is 1.49. The first kappa shape index (κ1) is 22.0. The van der Waals surface area contributed by atoms with Gasteiger partial charge in [-0.2, -0.15) is 0 Å². The monoisotopic (exact) mass is 402 g/mol. The second kappa shape index (κ2) is 8.78. The standard InChI is InChI=1S/C22H30N2O3S/c1-7-21(22(25)23-19-11-9-18(10-12-19)15(2)3)24(28(6,26)27)20-13-8-16(4)17(5)14-20/h8-15,21H,7H2,1-6H3,(H,23,25)/t21-/m0/s1. The maximum atomic E-state index is 13.0. The molecule has 0 saturated carbocycles. The number of benzene rings is 2. The first-order chi connectivity index (χ1) is 13.0. The zero-order valence-electron chi connectivity index (χ0n) is 17.5. The van der Waals surface area contributed by atoms with Crippen LogP contribution in [0.25, 0.3) is 0 Å². The van der Waals surface area contributed by atoms with Crippen LogP contribution in [0.5, 0.6) is 0 Å². The number of hydrogen-bond acceptors (Lipinski definition) is 3. The molecular weight excluding hydrogens is 372 g/mol. The number of amides is 1. The van der Waals surface area contributed by atoms with Gasteiger partial charge in [-0.1, -0.05) is 39.0 Å². The Kier molecular flexibility index (Phi) is 6.88. The first-order valence-electron chi connectivity index (χ1n) is 9.52. The van der Waals surface area contributed by atoms with Crippen molar-refractivity contribution in [3.05, 3.63) is 59.2 Å². The van der Waals surface area contributed by atoms with Crippen LogP contribution in [0.15, 0.2) is 42.5 Å². The van der Waals surface area contributed by atoms with Crippen LogP contribution in [-0.4, -0.2) is 26.6 Å². The summed E-state index contributed by atoms with van der Waals surface area (Å²) >= 11 is 0. The second-order valence-corrected chi connectivity index (χ2v) is 9.38. The number of rotatable bonds is 7. The van der Waals surface area contributed by atoms with Crippen LogP contribution < -0.4 is 9.62 Å². The smallest absolute Gasteiger partial charge is 0.248 e. The van der Waals surface area contributed by atoms with Gasteiger partial charge in [0.25, 0.3) is 0 Å². The fraction of sp³-hybridized carbons (Fsp3) is 0.409. The van der Waals surface area contributed by atoms with Crippen LogP contribution in [0.3, 0.4) is 0 Å². The molecule has 1 atom stereocenters. The molecule has 5 nitrogen and oxygen atoms in total. The van der Waals surface area contributed by atoms with Crippen molar-refractivity contribution in [2.45, 2.75) is 53.0 Å². The number of nitrogens with zero attached hydrogens (tertiary/aromatic N) is 1. The number of carbonyl (C=O) groups is 1. The van der Waals surface area contributed by atoms with Gasteiger partial charge in [0.05, 0.1) is 11.9 Å². The molecule has 2 aromatic carbocycles. The summed E-state index contributed by atoms with van der Waals surface area (Å²) in [5.41, 5.74) is 4.38. The number of sulfonamides is 1. The SMILES string of the molecule is CC[C@@H](C(=O)Nc1ccc(C(C)C)cc1)N(c1ccc(C)c(C)c1)S(C)(=O)=O. The molecule has 0 fully saturated rings. The predicted octanol–water partition coefficient (Wildman–Crippen LogP) is 4.61. The summed E-state index contributed by atoms with van der Waals surface area (Å²) in [5, 5.41) is 2.86. The third-order valence-corrected chi connectivity index (χ3v) is 6.10. The lowest BCUT2D eigenvalue weighted by atomic mass is 10.0. The largest absolute Gasteiger partial charge is 0.324 e. The van der Waals surface area contributed by atoms with E-state index in [1.165, 1.54) is 9.87 Å². The van der Waals surface area contributed by atoms with Crippen molar-refractivity contribution >= 4 is 27.3 Å². The van der Waals surface area contributed by atoms with Gasteiger partial charge in [0.1, 0.15) is 6.04 Å². The summed E-state index contributed by atoms with van der Waals surface area (Å²) in [6.45, 7) is 9.92. The highest BCUT2D eigenvalue weighted by molar-refractivity contribution is 7.92. The van der Waals surface area contributed by atoms with E-state index in [-0.39, 0.29) is 5.91 Å². The molecular formula is C22H30N2O3S. The normalized spacial score (nSPS) is 12.7. The molecule has 0 aliphatic carbocycles. The van der Waals surface area contributed by atoms with E-state index in [1.54, 1.807) is 6.07 Å². The molecule has 0 bridgehead atoms. The van der Waals surface area contributed by atoms with Gasteiger partial charge in [-0.25, -0.2) is 8.42 Å². The minimum absolute atomic E-state index is 0.344. The van der Waals surface area contributed by atoms with Crippen LogP contribution >= 0.6 is 0 Å². The van der Waals surface area contributed by atoms with E-state index < -0.39 is 16.1 Å². The van der Waals surface area contributed by atoms with E-state index >= 15 is 0 Å². The van der Waals surface area contributed by atoms with E-state index in [2.05, 4.69) is 19.2 Å². The van der Waals surface area contributed by atoms with Crippen LogP contribution in [0, 0.1) is 13.8 Å². The van der Waals surface area contributed by atoms with Gasteiger partial charge in [0, 0.05) is 5.69 Å². The number of carbonyl (C=O) groups excluding carboxylic acids is 1. The molecule has 0 aliphatic heterocycles. The topological polar surface area (TPSA) is 66.5 Å². The molecule has 0 heterocycles. The van der Waals surface area contributed by atoms with Gasteiger partial charge in [-0.15, -0.1) is 0 Å². The van der Waals surface area contributed by atoms with Gasteiger partial charge in [-0.3, -0.25) is 9.10 Å². The van der Waals surface area contributed by atoms with Crippen molar-refractivity contribution in [2.75, 3.05) is 15.9 Å². The molecule has 0 spiro atoms. The van der Waals surface area contributed by atoms with Crippen molar-refractivity contribution in [2.24, 2.45) is 0 Å². The molecule has 1 amide bonds. The molecule has 2 rings (SSSR count). The van der Waals surface area contributed by atoms with E-state index in [0.717, 1.165) is 17.4 Å². The zero-order chi connectivity index (χ0) is 21.1. The average Bonchev–Trinajstić information content (AvgIpc) is 2.61. The van der Waals surface area contributed by atoms with Crippen molar-refractivity contribution in [3.63, 3.8) is 0 Å². The lowest BCUT2D eigenvalue weighted by Gasteiger charge is -2.30. The maximum Gasteiger partial charge on any atom is 0.248 e. The van der Waals surface area contributed by atoms with Gasteiger partial charge in [0.2, 0.25) is 15.9 Å². The lowest BCUT2D eigenvalue weighted by Crippen LogP contribution is -2.47. The third kappa shape index (κ3) is 5.13. The molecule has 6 heteroatoms. The number of nitrogens with one attached hydrogen (secondary N) is 1. The summed E-state index contributed by atoms with van der Waals surface area (Å²) in [5.74, 6) is 0.0575. The molecule has 0 aliphatic rings. The number of anilines is 2. The van der Waals surface area contributed by atoms with Crippen molar-refractivity contribution in [3.8, 4) is 0 Å². The van der Waals surface area contributed by atoms with Crippen molar-refractivity contribution in [1.29, 1.82) is 0 Å². The molecule has 0 aromatic heterocycles. The first-order valence-corrected chi connectivity index (χ1v) is 11.4. The molecule has 0 radical (unpaired) electrons. The summed E-state index contributed by atoms with van der Waals surface area (Å²) < 4.78 is 26.3. The Morgan fingerprint density at radius 2 is 1.64 bits per heavy atom. The fourth-order valence-electron chi connectivity index (χ4n) is 3.10. The molecule has 2 aromatic rings. The molecule has 152 valence electrons. The van der Waals surface area contributed by atoms with E-state index in [1.807, 2.05) is 57.2 Å². The highest BCUT2D eigenvalue weighted by Crippen LogP contribution is 2.26. The summed E-state index contributed by atoms with van der Waals surface area (Å²) in [4.78, 5) is 13.0. The summed E-state index contributed by atoms with van der Waals surface area (Å²) in [7, 11) is -3.64. The molecule has 0 saturated heterocycles. The number of hydrogen-bond donors (Lipinski definition) is 1. The predicted molar refractivity (Wildman–Crippen MR) is 116 cm³/mol. The van der Waals surface area contributed by atoms with Gasteiger partial charge in [0.15, 0.2) is 0 Å². The fourth-order valence-corrected chi connectivity index (χ4v) is 4.30. The van der Waals surface area contributed by atoms with Crippen LogP contribution in [0.1, 0.15) is 49.8 Å². The maximum absolute atomic E-state index is 13.0. The molecule has 1 N–H and O–H groups in total. The quantitative estimate of drug-likeness (QED) is 0.735. The Balaban J connectivity index is 2.34. The highest BCUT2D eigenvalue weighted by Gasteiger charge is 2.31. The molecule has 0 unspecified atom stereocenters. The minimum Gasteiger partial charge on any atom is -0.324 e. The van der Waals surface area contributed by atoms with Crippen molar-refractivity contribution < 1.29 is 13.2 Å². The van der Waals surface area contributed by atoms with Crippen LogP contribution in [0.2, 0.25) is 0 Å². The zero-order valence-corrected chi connectivity index (χ0v) is 18.3. The second-order valence-electron chi connectivity index (χ2n) is 7.52. The van der Waals surface area contributed by atoms with E-state index in [9.17, 15) is 13.2 Å². The summed E-state index contributed by atoms with van der Waals surface area (Å²) in [6, 6.07) is 12.2. The van der Waals surface area contributed by atoms with Gasteiger partial charge < -0.3 is 5.32 Å². The highest BCUT2D eigenvalue weighted by atomic mass is 32.2. The Morgan fingerprint density at radius 3 is 2.11 bits per heavy atom. The van der Waals surface area contributed by atoms with Gasteiger partial charge in [-0.05, 0) is 67.1 Å². The van der Waals surface area contributed by atoms with Crippen LogP contribution in [-0.2, 0) is 14.8 Å². The number of aryl methyl sites for hydroxylation is 2. The van der Waals surface area contributed by atoms with E-state index in [0.29, 0.717) is 23.7 Å². The minimum atomic E-state index is -3.64. The van der Waals surface area contributed by atoms with Gasteiger partial charge >= 0.3 is 0 Å². The Labute approximate surface area is 168 Å². The third-order valence-electron chi connectivity index (χ3n) is 4.92. The lowest BCUT2D eigenvalue weighted by molar-refractivity contribution is -0.117. The van der Waals surface area contributed by atoms with E-state index in [4.69, 9.17) is 0 Å². The van der Waals surface area contributed by atoms with Crippen molar-refractivity contribution in [1.82, 2.24) is 0 Å². The Hall–Kier alpha value is -2.34. The molecule has 28 heavy (non-hydrogen) atoms. The Bertz CT molecular complexity index is 935. The Morgan fingerprint density at radius 1 is 1.04 bits per heavy atom. The van der Waals surface area contributed by atoms with Crippen LogP contribution in [0.4, 0.5) is 11.4 Å².